The minimum Gasteiger partial charge on any atom is -0.336 e. The van der Waals surface area contributed by atoms with Crippen molar-refractivity contribution in [1.29, 1.82) is 5.26 Å². The number of aromatic nitrogens is 2. The molecular weight excluding hydrogens is 431 g/mol. The van der Waals surface area contributed by atoms with Crippen LogP contribution in [0.25, 0.3) is 0 Å². The van der Waals surface area contributed by atoms with E-state index in [-0.39, 0.29) is 23.8 Å². The van der Waals surface area contributed by atoms with Crippen molar-refractivity contribution < 1.29 is 22.2 Å². The first kappa shape index (κ1) is 21.2. The third kappa shape index (κ3) is 4.25. The van der Waals surface area contributed by atoms with E-state index < -0.39 is 45.3 Å². The maximum atomic E-state index is 13.4. The van der Waals surface area contributed by atoms with Crippen LogP contribution in [0.4, 0.5) is 19.1 Å². The van der Waals surface area contributed by atoms with Crippen molar-refractivity contribution >= 4 is 22.7 Å². The van der Waals surface area contributed by atoms with Crippen molar-refractivity contribution in [2.75, 3.05) is 11.4 Å². The number of nitrogens with one attached hydrogen (secondary N) is 1. The summed E-state index contributed by atoms with van der Waals surface area (Å²) in [6.07, 6.45) is -0.550. The fourth-order valence-corrected chi connectivity index (χ4v) is 5.25. The Bertz CT molecular complexity index is 1050. The largest absolute Gasteiger partial charge is 0.417 e. The third-order valence-electron chi connectivity index (χ3n) is 5.41. The van der Waals surface area contributed by atoms with Gasteiger partial charge in [0.2, 0.25) is 11.9 Å². The summed E-state index contributed by atoms with van der Waals surface area (Å²) in [5.74, 6) is -0.233. The van der Waals surface area contributed by atoms with Crippen LogP contribution in [-0.4, -0.2) is 43.5 Å². The standard InChI is InChI=1S/C20H18F3N5O2S/c21-20(22,23)14-4-1-2-5-16(14)31(30)13-10-15(17(29)27-19(12-24)6-7-19)28(11-13)18-25-8-3-9-26-18/h1-5,8-9,13,15H,6-7,10-11H2,(H,27,29)/t13-,15+,31?/m1/s1. The Morgan fingerprint density at radius 1 is 1.23 bits per heavy atom. The van der Waals surface area contributed by atoms with Crippen LogP contribution in [0, 0.1) is 11.3 Å². The Morgan fingerprint density at radius 2 is 1.90 bits per heavy atom. The average Bonchev–Trinajstić information content (AvgIpc) is 3.39. The first-order valence-electron chi connectivity index (χ1n) is 9.58. The van der Waals surface area contributed by atoms with Gasteiger partial charge in [0.15, 0.2) is 0 Å². The van der Waals surface area contributed by atoms with Gasteiger partial charge in [-0.25, -0.2) is 9.97 Å². The highest BCUT2D eigenvalue weighted by atomic mass is 32.2. The van der Waals surface area contributed by atoms with Gasteiger partial charge in [-0.1, -0.05) is 12.1 Å². The SMILES string of the molecule is N#CC1(NC(=O)[C@@H]2C[C@@H](S(=O)c3ccccc3C(F)(F)F)CN2c2ncccn2)CC1. The number of hydrogen-bond donors (Lipinski definition) is 1. The highest BCUT2D eigenvalue weighted by Crippen LogP contribution is 2.38. The number of carbonyl (C=O) groups is 1. The molecule has 1 saturated carbocycles. The van der Waals surface area contributed by atoms with Gasteiger partial charge < -0.3 is 10.2 Å². The molecule has 2 aliphatic rings. The van der Waals surface area contributed by atoms with E-state index in [4.69, 9.17) is 0 Å². The normalized spacial score (nSPS) is 23.1. The number of halogens is 3. The quantitative estimate of drug-likeness (QED) is 0.753. The molecule has 31 heavy (non-hydrogen) atoms. The van der Waals surface area contributed by atoms with E-state index >= 15 is 0 Å². The smallest absolute Gasteiger partial charge is 0.336 e. The summed E-state index contributed by atoms with van der Waals surface area (Å²) in [5, 5.41) is 11.2. The molecule has 2 heterocycles. The molecule has 1 unspecified atom stereocenters. The maximum Gasteiger partial charge on any atom is 0.417 e. The monoisotopic (exact) mass is 449 g/mol. The second kappa shape index (κ2) is 7.92. The molecule has 162 valence electrons. The second-order valence-electron chi connectivity index (χ2n) is 7.55. The second-order valence-corrected chi connectivity index (χ2v) is 9.25. The van der Waals surface area contributed by atoms with Gasteiger partial charge in [0.05, 0.1) is 32.6 Å². The molecule has 0 spiro atoms. The van der Waals surface area contributed by atoms with E-state index in [9.17, 15) is 27.4 Å². The van der Waals surface area contributed by atoms with Crippen molar-refractivity contribution in [1.82, 2.24) is 15.3 Å². The highest BCUT2D eigenvalue weighted by molar-refractivity contribution is 7.85. The van der Waals surface area contributed by atoms with Gasteiger partial charge in [0.1, 0.15) is 11.6 Å². The summed E-state index contributed by atoms with van der Waals surface area (Å²) < 4.78 is 53.4. The highest BCUT2D eigenvalue weighted by Gasteiger charge is 2.49. The third-order valence-corrected chi connectivity index (χ3v) is 7.15. The lowest BCUT2D eigenvalue weighted by Gasteiger charge is -2.24. The molecule has 0 radical (unpaired) electrons. The zero-order valence-electron chi connectivity index (χ0n) is 16.2. The summed E-state index contributed by atoms with van der Waals surface area (Å²) in [6.45, 7) is 0.0421. The van der Waals surface area contributed by atoms with Crippen LogP contribution in [0.15, 0.2) is 47.6 Å². The van der Waals surface area contributed by atoms with Gasteiger partial charge in [-0.3, -0.25) is 9.00 Å². The minimum atomic E-state index is -4.64. The predicted octanol–water partition coefficient (Wildman–Crippen LogP) is 2.42. The molecule has 0 bridgehead atoms. The number of hydrogen-bond acceptors (Lipinski definition) is 6. The van der Waals surface area contributed by atoms with Gasteiger partial charge in [-0.15, -0.1) is 0 Å². The topological polar surface area (TPSA) is 99.0 Å². The molecular formula is C20H18F3N5O2S. The van der Waals surface area contributed by atoms with E-state index in [0.717, 1.165) is 6.07 Å². The molecule has 11 heteroatoms. The van der Waals surface area contributed by atoms with E-state index in [0.29, 0.717) is 12.8 Å². The predicted molar refractivity (Wildman–Crippen MR) is 105 cm³/mol. The molecule has 7 nitrogen and oxygen atoms in total. The van der Waals surface area contributed by atoms with Gasteiger partial charge in [0.25, 0.3) is 0 Å². The lowest BCUT2D eigenvalue weighted by molar-refractivity contribution is -0.139. The summed E-state index contributed by atoms with van der Waals surface area (Å²) >= 11 is 0. The number of carbonyl (C=O) groups excluding carboxylic acids is 1. The molecule has 1 N–H and O–H groups in total. The summed E-state index contributed by atoms with van der Waals surface area (Å²) in [6, 6.07) is 7.58. The Hall–Kier alpha value is -3.00. The molecule has 1 aliphatic heterocycles. The van der Waals surface area contributed by atoms with Gasteiger partial charge in [-0.05, 0) is 37.5 Å². The number of benzene rings is 1. The van der Waals surface area contributed by atoms with E-state index in [1.54, 1.807) is 11.0 Å². The van der Waals surface area contributed by atoms with E-state index in [2.05, 4.69) is 21.4 Å². The first-order valence-corrected chi connectivity index (χ1v) is 10.8. The Morgan fingerprint density at radius 3 is 2.52 bits per heavy atom. The van der Waals surface area contributed by atoms with Crippen molar-refractivity contribution in [2.45, 2.75) is 47.2 Å². The van der Waals surface area contributed by atoms with Crippen molar-refractivity contribution in [3.05, 3.63) is 48.3 Å². The number of amides is 1. The molecule has 1 aliphatic carbocycles. The Balaban J connectivity index is 1.63. The summed E-state index contributed by atoms with van der Waals surface area (Å²) in [7, 11) is -2.02. The van der Waals surface area contributed by atoms with Crippen LogP contribution in [0.3, 0.4) is 0 Å². The molecule has 3 atom stereocenters. The molecule has 2 aromatic rings. The number of nitrogens with zero attached hydrogens (tertiary/aromatic N) is 4. The number of anilines is 1. The Labute approximate surface area is 178 Å². The van der Waals surface area contributed by atoms with Crippen LogP contribution in [0.1, 0.15) is 24.8 Å². The lowest BCUT2D eigenvalue weighted by Crippen LogP contribution is -2.48. The van der Waals surface area contributed by atoms with Crippen LogP contribution in [0.2, 0.25) is 0 Å². The molecule has 1 aromatic carbocycles. The van der Waals surface area contributed by atoms with Crippen LogP contribution in [0.5, 0.6) is 0 Å². The van der Waals surface area contributed by atoms with Gasteiger partial charge >= 0.3 is 6.18 Å². The van der Waals surface area contributed by atoms with Crippen molar-refractivity contribution in [3.8, 4) is 6.07 Å². The van der Waals surface area contributed by atoms with Crippen molar-refractivity contribution in [3.63, 3.8) is 0 Å². The summed E-state index contributed by atoms with van der Waals surface area (Å²) in [4.78, 5) is 22.4. The van der Waals surface area contributed by atoms with Crippen LogP contribution < -0.4 is 10.2 Å². The first-order chi connectivity index (χ1) is 14.7. The minimum absolute atomic E-state index is 0.0421. The maximum absolute atomic E-state index is 13.4. The summed E-state index contributed by atoms with van der Waals surface area (Å²) in [5.41, 5.74) is -1.86. The van der Waals surface area contributed by atoms with Gasteiger partial charge in [-0.2, -0.15) is 18.4 Å². The van der Waals surface area contributed by atoms with Crippen LogP contribution in [-0.2, 0) is 21.8 Å². The van der Waals surface area contributed by atoms with Crippen LogP contribution >= 0.6 is 0 Å². The zero-order chi connectivity index (χ0) is 22.2. The van der Waals surface area contributed by atoms with E-state index in [1.165, 1.54) is 30.6 Å². The Kier molecular flexibility index (Phi) is 5.43. The number of alkyl halides is 3. The fourth-order valence-electron chi connectivity index (χ4n) is 3.63. The van der Waals surface area contributed by atoms with Gasteiger partial charge in [0, 0.05) is 18.9 Å². The lowest BCUT2D eigenvalue weighted by atomic mass is 10.2. The fraction of sp³-hybridized carbons (Fsp3) is 0.400. The molecule has 4 rings (SSSR count). The average molecular weight is 449 g/mol. The molecule has 1 aromatic heterocycles. The zero-order valence-corrected chi connectivity index (χ0v) is 17.0. The number of nitriles is 1. The van der Waals surface area contributed by atoms with E-state index in [1.807, 2.05) is 0 Å². The number of rotatable bonds is 5. The van der Waals surface area contributed by atoms with Crippen molar-refractivity contribution in [2.24, 2.45) is 0 Å². The molecule has 2 fully saturated rings. The molecule has 1 amide bonds. The molecule has 1 saturated heterocycles.